The summed E-state index contributed by atoms with van der Waals surface area (Å²) in [6, 6.07) is 9.13. The minimum Gasteiger partial charge on any atom is -0.330 e. The molecule has 1 saturated carbocycles. The molecule has 1 nitrogen and oxygen atoms in total. The first-order chi connectivity index (χ1) is 8.22. The fourth-order valence-corrected chi connectivity index (χ4v) is 3.24. The number of hydrogen-bond donors (Lipinski definition) is 1. The summed E-state index contributed by atoms with van der Waals surface area (Å²) < 4.78 is 0. The maximum Gasteiger partial charge on any atom is -0.00486 e. The van der Waals surface area contributed by atoms with Gasteiger partial charge in [-0.05, 0) is 49.6 Å². The molecule has 1 aromatic rings. The van der Waals surface area contributed by atoms with E-state index < -0.39 is 0 Å². The predicted molar refractivity (Wildman–Crippen MR) is 74.1 cm³/mol. The van der Waals surface area contributed by atoms with Gasteiger partial charge in [0.2, 0.25) is 0 Å². The Morgan fingerprint density at radius 3 is 2.47 bits per heavy atom. The summed E-state index contributed by atoms with van der Waals surface area (Å²) >= 11 is 0. The summed E-state index contributed by atoms with van der Waals surface area (Å²) in [6.45, 7) is 5.30. The van der Waals surface area contributed by atoms with Crippen LogP contribution in [0.25, 0.3) is 0 Å². The van der Waals surface area contributed by atoms with Crippen LogP contribution in [0.3, 0.4) is 0 Å². The van der Waals surface area contributed by atoms with Gasteiger partial charge >= 0.3 is 0 Å². The van der Waals surface area contributed by atoms with Gasteiger partial charge in [0.1, 0.15) is 0 Å². The molecule has 0 spiro atoms. The van der Waals surface area contributed by atoms with E-state index in [2.05, 4.69) is 38.1 Å². The molecule has 3 atom stereocenters. The van der Waals surface area contributed by atoms with Crippen molar-refractivity contribution in [2.45, 2.75) is 45.4 Å². The molecule has 17 heavy (non-hydrogen) atoms. The molecule has 1 aromatic carbocycles. The van der Waals surface area contributed by atoms with Crippen LogP contribution in [0, 0.1) is 18.8 Å². The molecule has 0 aromatic heterocycles. The van der Waals surface area contributed by atoms with Gasteiger partial charge in [-0.1, -0.05) is 49.6 Å². The zero-order chi connectivity index (χ0) is 12.3. The highest BCUT2D eigenvalue weighted by Crippen LogP contribution is 2.41. The van der Waals surface area contributed by atoms with Gasteiger partial charge in [-0.2, -0.15) is 0 Å². The molecule has 0 bridgehead atoms. The number of nitrogens with two attached hydrogens (primary N) is 1. The van der Waals surface area contributed by atoms with Crippen LogP contribution in [-0.2, 0) is 0 Å². The quantitative estimate of drug-likeness (QED) is 0.839. The number of rotatable bonds is 3. The standard InChI is InChI=1S/C16H25N/c1-12-7-9-14(10-8-12)16-6-4-3-5-15(16)13(2)11-17/h7-10,13,15-16H,3-6,11,17H2,1-2H3. The zero-order valence-corrected chi connectivity index (χ0v) is 11.2. The SMILES string of the molecule is Cc1ccc(C2CCCCC2C(C)CN)cc1. The van der Waals surface area contributed by atoms with E-state index in [1.165, 1.54) is 36.8 Å². The van der Waals surface area contributed by atoms with E-state index >= 15 is 0 Å². The monoisotopic (exact) mass is 231 g/mol. The van der Waals surface area contributed by atoms with Gasteiger partial charge in [0.05, 0.1) is 0 Å². The van der Waals surface area contributed by atoms with Gasteiger partial charge in [-0.3, -0.25) is 0 Å². The Balaban J connectivity index is 2.18. The maximum atomic E-state index is 5.87. The fraction of sp³-hybridized carbons (Fsp3) is 0.625. The molecule has 94 valence electrons. The predicted octanol–water partition coefficient (Wildman–Crippen LogP) is 3.86. The van der Waals surface area contributed by atoms with Crippen molar-refractivity contribution in [2.24, 2.45) is 17.6 Å². The molecule has 2 rings (SSSR count). The third kappa shape index (κ3) is 2.90. The molecule has 0 aliphatic heterocycles. The van der Waals surface area contributed by atoms with E-state index in [0.29, 0.717) is 5.92 Å². The lowest BCUT2D eigenvalue weighted by Gasteiger charge is -2.35. The second kappa shape index (κ2) is 5.68. The molecular weight excluding hydrogens is 206 g/mol. The minimum absolute atomic E-state index is 0.654. The molecule has 1 aliphatic rings. The minimum atomic E-state index is 0.654. The van der Waals surface area contributed by atoms with Crippen molar-refractivity contribution in [3.05, 3.63) is 35.4 Å². The molecule has 2 N–H and O–H groups in total. The van der Waals surface area contributed by atoms with Crippen LogP contribution in [0.2, 0.25) is 0 Å². The summed E-state index contributed by atoms with van der Waals surface area (Å²) in [6.07, 6.45) is 5.47. The van der Waals surface area contributed by atoms with Crippen molar-refractivity contribution in [3.63, 3.8) is 0 Å². The number of benzene rings is 1. The van der Waals surface area contributed by atoms with E-state index in [1.807, 2.05) is 0 Å². The Morgan fingerprint density at radius 1 is 1.18 bits per heavy atom. The first-order valence-corrected chi connectivity index (χ1v) is 6.99. The van der Waals surface area contributed by atoms with Gasteiger partial charge in [-0.15, -0.1) is 0 Å². The van der Waals surface area contributed by atoms with Crippen LogP contribution in [0.15, 0.2) is 24.3 Å². The Hall–Kier alpha value is -0.820. The highest BCUT2D eigenvalue weighted by molar-refractivity contribution is 5.25. The summed E-state index contributed by atoms with van der Waals surface area (Å²) in [5.41, 5.74) is 8.75. The molecule has 1 fully saturated rings. The molecule has 0 radical (unpaired) electrons. The van der Waals surface area contributed by atoms with Crippen molar-refractivity contribution in [1.82, 2.24) is 0 Å². The maximum absolute atomic E-state index is 5.87. The summed E-state index contributed by atoms with van der Waals surface area (Å²) in [4.78, 5) is 0. The average Bonchev–Trinajstić information content (AvgIpc) is 2.39. The first-order valence-electron chi connectivity index (χ1n) is 6.99. The third-order valence-electron chi connectivity index (χ3n) is 4.43. The lowest BCUT2D eigenvalue weighted by Crippen LogP contribution is -2.28. The van der Waals surface area contributed by atoms with Gasteiger partial charge in [0.25, 0.3) is 0 Å². The van der Waals surface area contributed by atoms with Crippen LogP contribution in [0.1, 0.15) is 49.7 Å². The van der Waals surface area contributed by atoms with Crippen LogP contribution in [-0.4, -0.2) is 6.54 Å². The topological polar surface area (TPSA) is 26.0 Å². The van der Waals surface area contributed by atoms with E-state index in [0.717, 1.165) is 18.4 Å². The van der Waals surface area contributed by atoms with E-state index in [9.17, 15) is 0 Å². The van der Waals surface area contributed by atoms with Gasteiger partial charge < -0.3 is 5.73 Å². The smallest absolute Gasteiger partial charge is 0.00486 e. The average molecular weight is 231 g/mol. The van der Waals surface area contributed by atoms with Crippen molar-refractivity contribution >= 4 is 0 Å². The molecule has 1 aliphatic carbocycles. The molecule has 3 unspecified atom stereocenters. The van der Waals surface area contributed by atoms with Crippen LogP contribution in [0.5, 0.6) is 0 Å². The number of aryl methyl sites for hydroxylation is 1. The van der Waals surface area contributed by atoms with Crippen molar-refractivity contribution in [1.29, 1.82) is 0 Å². The molecule has 0 saturated heterocycles. The van der Waals surface area contributed by atoms with Crippen LogP contribution < -0.4 is 5.73 Å². The van der Waals surface area contributed by atoms with Crippen molar-refractivity contribution < 1.29 is 0 Å². The molecule has 0 amide bonds. The summed E-state index contributed by atoms with van der Waals surface area (Å²) in [5, 5.41) is 0. The van der Waals surface area contributed by atoms with Gasteiger partial charge in [-0.25, -0.2) is 0 Å². The summed E-state index contributed by atoms with van der Waals surface area (Å²) in [7, 11) is 0. The van der Waals surface area contributed by atoms with Gasteiger partial charge in [0, 0.05) is 0 Å². The van der Waals surface area contributed by atoms with E-state index in [4.69, 9.17) is 5.73 Å². The van der Waals surface area contributed by atoms with Crippen LogP contribution in [0.4, 0.5) is 0 Å². The Bertz CT molecular complexity index is 341. The number of hydrogen-bond acceptors (Lipinski definition) is 1. The normalized spacial score (nSPS) is 26.8. The fourth-order valence-electron chi connectivity index (χ4n) is 3.24. The first kappa shape index (κ1) is 12.6. The highest BCUT2D eigenvalue weighted by Gasteiger charge is 2.29. The molecule has 1 heteroatoms. The Kier molecular flexibility index (Phi) is 4.22. The molecular formula is C16H25N. The Labute approximate surface area is 105 Å². The van der Waals surface area contributed by atoms with Crippen molar-refractivity contribution in [2.75, 3.05) is 6.54 Å². The largest absolute Gasteiger partial charge is 0.330 e. The zero-order valence-electron chi connectivity index (χ0n) is 11.2. The molecule has 0 heterocycles. The second-order valence-electron chi connectivity index (χ2n) is 5.68. The highest BCUT2D eigenvalue weighted by atomic mass is 14.6. The van der Waals surface area contributed by atoms with Gasteiger partial charge in [0.15, 0.2) is 0 Å². The third-order valence-corrected chi connectivity index (χ3v) is 4.43. The van der Waals surface area contributed by atoms with Crippen molar-refractivity contribution in [3.8, 4) is 0 Å². The summed E-state index contributed by atoms with van der Waals surface area (Å²) in [5.74, 6) is 2.18. The second-order valence-corrected chi connectivity index (χ2v) is 5.68. The Morgan fingerprint density at radius 2 is 1.82 bits per heavy atom. The van der Waals surface area contributed by atoms with Crippen LogP contribution >= 0.6 is 0 Å². The lowest BCUT2D eigenvalue weighted by atomic mass is 9.70. The lowest BCUT2D eigenvalue weighted by molar-refractivity contribution is 0.229. The van der Waals surface area contributed by atoms with E-state index in [1.54, 1.807) is 0 Å². The van der Waals surface area contributed by atoms with E-state index in [-0.39, 0.29) is 0 Å².